The van der Waals surface area contributed by atoms with Crippen molar-refractivity contribution < 1.29 is 14.3 Å². The molecule has 3 amide bonds. The van der Waals surface area contributed by atoms with E-state index in [2.05, 4.69) is 25.9 Å². The fourth-order valence-corrected chi connectivity index (χ4v) is 2.37. The number of hydrogen-bond acceptors (Lipinski definition) is 5. The summed E-state index contributed by atoms with van der Waals surface area (Å²) in [7, 11) is 1.57. The molecule has 0 spiro atoms. The van der Waals surface area contributed by atoms with Gasteiger partial charge in [-0.05, 0) is 25.1 Å². The summed E-state index contributed by atoms with van der Waals surface area (Å²) < 4.78 is 7.23. The highest BCUT2D eigenvalue weighted by Crippen LogP contribution is 2.26. The first-order chi connectivity index (χ1) is 12.6. The molecule has 26 heavy (non-hydrogen) atoms. The van der Waals surface area contributed by atoms with E-state index in [1.54, 1.807) is 25.4 Å². The molecule has 2 aromatic heterocycles. The lowest BCUT2D eigenvalue weighted by Crippen LogP contribution is -2.28. The molecule has 0 atom stereocenters. The summed E-state index contributed by atoms with van der Waals surface area (Å²) in [6.45, 7) is 2.32. The number of rotatable bonds is 4. The predicted octanol–water partition coefficient (Wildman–Crippen LogP) is 2.55. The highest BCUT2D eigenvalue weighted by Gasteiger charge is 2.10. The third-order valence-corrected chi connectivity index (χ3v) is 3.54. The van der Waals surface area contributed by atoms with Crippen LogP contribution in [-0.4, -0.2) is 40.2 Å². The Hall–Kier alpha value is -3.62. The third-order valence-electron chi connectivity index (χ3n) is 3.54. The number of hydrogen-bond donors (Lipinski definition) is 3. The Balaban J connectivity index is 1.82. The number of carbonyl (C=O) groups is 2. The molecular formula is C17H18N6O3. The van der Waals surface area contributed by atoms with E-state index in [0.29, 0.717) is 23.6 Å². The Kier molecular flexibility index (Phi) is 4.97. The number of carbonyl (C=O) groups excluding carboxylic acids is 2. The summed E-state index contributed by atoms with van der Waals surface area (Å²) >= 11 is 0. The zero-order valence-corrected chi connectivity index (χ0v) is 14.3. The van der Waals surface area contributed by atoms with Crippen molar-refractivity contribution in [2.75, 3.05) is 18.9 Å². The molecule has 0 aliphatic heterocycles. The van der Waals surface area contributed by atoms with E-state index < -0.39 is 0 Å². The Labute approximate surface area is 149 Å². The summed E-state index contributed by atoms with van der Waals surface area (Å²) in [5.74, 6) is 1.09. The largest absolute Gasteiger partial charge is 0.439 e. The fraction of sp³-hybridized carbons (Fsp3) is 0.176. The number of anilines is 1. The van der Waals surface area contributed by atoms with Gasteiger partial charge >= 0.3 is 12.1 Å². The SMILES string of the molecule is CCNC(=O)Nc1cc(Oc2ccc3ccn(C(=O)NC)c3c2)ncn1. The van der Waals surface area contributed by atoms with Crippen molar-refractivity contribution >= 4 is 28.8 Å². The van der Waals surface area contributed by atoms with Gasteiger partial charge in [0.1, 0.15) is 17.9 Å². The number of benzene rings is 1. The van der Waals surface area contributed by atoms with E-state index in [1.807, 2.05) is 19.1 Å². The number of nitrogens with one attached hydrogen (secondary N) is 3. The number of fused-ring (bicyclic) bond motifs is 1. The molecule has 0 saturated heterocycles. The van der Waals surface area contributed by atoms with Gasteiger partial charge in [-0.25, -0.2) is 19.6 Å². The van der Waals surface area contributed by atoms with Gasteiger partial charge in [-0.2, -0.15) is 0 Å². The Morgan fingerprint density at radius 2 is 2.04 bits per heavy atom. The van der Waals surface area contributed by atoms with Crippen LogP contribution in [0.15, 0.2) is 42.9 Å². The molecule has 3 aromatic rings. The summed E-state index contributed by atoms with van der Waals surface area (Å²) in [5, 5.41) is 8.68. The number of ether oxygens (including phenoxy) is 1. The minimum Gasteiger partial charge on any atom is -0.439 e. The molecule has 0 aliphatic rings. The fourth-order valence-electron chi connectivity index (χ4n) is 2.37. The highest BCUT2D eigenvalue weighted by atomic mass is 16.5. The molecular weight excluding hydrogens is 336 g/mol. The van der Waals surface area contributed by atoms with Crippen LogP contribution in [0.5, 0.6) is 11.6 Å². The lowest BCUT2D eigenvalue weighted by molar-refractivity contribution is 0.245. The standard InChI is InChI=1S/C17H18N6O3/c1-3-19-16(24)22-14-9-15(21-10-20-14)26-12-5-4-11-6-7-23(13(11)8-12)17(25)18-2/h4-10H,3H2,1-2H3,(H,18,25)(H2,19,20,21,22,24). The summed E-state index contributed by atoms with van der Waals surface area (Å²) in [5.41, 5.74) is 0.705. The quantitative estimate of drug-likeness (QED) is 0.667. The first-order valence-corrected chi connectivity index (χ1v) is 7.98. The van der Waals surface area contributed by atoms with E-state index >= 15 is 0 Å². The zero-order valence-electron chi connectivity index (χ0n) is 14.3. The van der Waals surface area contributed by atoms with Gasteiger partial charge in [0.2, 0.25) is 5.88 Å². The van der Waals surface area contributed by atoms with Crippen LogP contribution in [0.25, 0.3) is 10.9 Å². The Bertz CT molecular complexity index is 953. The van der Waals surface area contributed by atoms with Crippen LogP contribution in [0.2, 0.25) is 0 Å². The molecule has 0 fully saturated rings. The monoisotopic (exact) mass is 354 g/mol. The van der Waals surface area contributed by atoms with Gasteiger partial charge in [-0.15, -0.1) is 0 Å². The topological polar surface area (TPSA) is 110 Å². The molecule has 0 saturated carbocycles. The van der Waals surface area contributed by atoms with Crippen LogP contribution in [0, 0.1) is 0 Å². The lowest BCUT2D eigenvalue weighted by Gasteiger charge is -2.08. The van der Waals surface area contributed by atoms with E-state index in [0.717, 1.165) is 5.39 Å². The number of aromatic nitrogens is 3. The molecule has 3 N–H and O–H groups in total. The van der Waals surface area contributed by atoms with Crippen molar-refractivity contribution in [1.29, 1.82) is 0 Å². The van der Waals surface area contributed by atoms with Crippen LogP contribution >= 0.6 is 0 Å². The molecule has 0 aliphatic carbocycles. The molecule has 0 bridgehead atoms. The Morgan fingerprint density at radius 1 is 1.19 bits per heavy atom. The number of nitrogens with zero attached hydrogens (tertiary/aromatic N) is 3. The maximum atomic E-state index is 11.9. The summed E-state index contributed by atoms with van der Waals surface area (Å²) in [4.78, 5) is 31.5. The van der Waals surface area contributed by atoms with E-state index in [-0.39, 0.29) is 17.9 Å². The lowest BCUT2D eigenvalue weighted by atomic mass is 10.2. The van der Waals surface area contributed by atoms with Gasteiger partial charge in [-0.1, -0.05) is 0 Å². The molecule has 0 unspecified atom stereocenters. The molecule has 2 heterocycles. The molecule has 0 radical (unpaired) electrons. The molecule has 9 heteroatoms. The van der Waals surface area contributed by atoms with Gasteiger partial charge < -0.3 is 15.4 Å². The normalized spacial score (nSPS) is 10.4. The highest BCUT2D eigenvalue weighted by molar-refractivity contribution is 5.92. The van der Waals surface area contributed by atoms with Gasteiger partial charge in [0.15, 0.2) is 0 Å². The van der Waals surface area contributed by atoms with Crippen molar-refractivity contribution in [1.82, 2.24) is 25.2 Å². The first-order valence-electron chi connectivity index (χ1n) is 7.98. The van der Waals surface area contributed by atoms with Gasteiger partial charge in [0, 0.05) is 37.3 Å². The van der Waals surface area contributed by atoms with Crippen molar-refractivity contribution in [2.45, 2.75) is 6.92 Å². The predicted molar refractivity (Wildman–Crippen MR) is 96.6 cm³/mol. The smallest absolute Gasteiger partial charge is 0.325 e. The van der Waals surface area contributed by atoms with Crippen LogP contribution in [0.1, 0.15) is 6.92 Å². The maximum Gasteiger partial charge on any atom is 0.325 e. The Morgan fingerprint density at radius 3 is 2.81 bits per heavy atom. The molecule has 1 aromatic carbocycles. The average Bonchev–Trinajstić information content (AvgIpc) is 3.05. The second-order valence-electron chi connectivity index (χ2n) is 5.29. The van der Waals surface area contributed by atoms with E-state index in [1.165, 1.54) is 17.0 Å². The molecule has 134 valence electrons. The van der Waals surface area contributed by atoms with Crippen LogP contribution in [0.4, 0.5) is 15.4 Å². The van der Waals surface area contributed by atoms with Crippen LogP contribution in [-0.2, 0) is 0 Å². The minimum absolute atomic E-state index is 0.243. The van der Waals surface area contributed by atoms with Gasteiger partial charge in [0.05, 0.1) is 5.52 Å². The zero-order chi connectivity index (χ0) is 18.5. The molecule has 3 rings (SSSR count). The minimum atomic E-state index is -0.359. The maximum absolute atomic E-state index is 11.9. The van der Waals surface area contributed by atoms with E-state index in [9.17, 15) is 9.59 Å². The average molecular weight is 354 g/mol. The van der Waals surface area contributed by atoms with Crippen molar-refractivity contribution in [3.63, 3.8) is 0 Å². The van der Waals surface area contributed by atoms with E-state index in [4.69, 9.17) is 4.74 Å². The third kappa shape index (κ3) is 3.72. The van der Waals surface area contributed by atoms with Gasteiger partial charge in [0.25, 0.3) is 0 Å². The van der Waals surface area contributed by atoms with Gasteiger partial charge in [-0.3, -0.25) is 9.88 Å². The summed E-state index contributed by atoms with van der Waals surface area (Å²) in [6.07, 6.45) is 2.98. The van der Waals surface area contributed by atoms with Crippen LogP contribution in [0.3, 0.4) is 0 Å². The second kappa shape index (κ2) is 7.51. The molecule has 9 nitrogen and oxygen atoms in total. The van der Waals surface area contributed by atoms with Crippen LogP contribution < -0.4 is 20.7 Å². The number of urea groups is 1. The summed E-state index contributed by atoms with van der Waals surface area (Å²) in [6, 6.07) is 8.11. The van der Waals surface area contributed by atoms with Crippen molar-refractivity contribution in [3.05, 3.63) is 42.9 Å². The second-order valence-corrected chi connectivity index (χ2v) is 5.29. The number of amides is 3. The first kappa shape index (κ1) is 17.2. The van der Waals surface area contributed by atoms with Crippen molar-refractivity contribution in [2.24, 2.45) is 0 Å². The van der Waals surface area contributed by atoms with Crippen molar-refractivity contribution in [3.8, 4) is 11.6 Å².